The molecule has 98 valence electrons. The number of rotatable bonds is 2. The van der Waals surface area contributed by atoms with E-state index in [-0.39, 0.29) is 0 Å². The molecule has 3 nitrogen and oxygen atoms in total. The van der Waals surface area contributed by atoms with Gasteiger partial charge in [-0.15, -0.1) is 0 Å². The van der Waals surface area contributed by atoms with Crippen molar-refractivity contribution in [3.05, 3.63) is 0 Å². The first-order valence-corrected chi connectivity index (χ1v) is 7.41. The van der Waals surface area contributed by atoms with E-state index in [4.69, 9.17) is 0 Å². The van der Waals surface area contributed by atoms with Gasteiger partial charge in [0.15, 0.2) is 0 Å². The van der Waals surface area contributed by atoms with Crippen LogP contribution in [0.1, 0.15) is 32.6 Å². The maximum Gasteiger partial charge on any atom is 0.0123 e. The average molecular weight is 237 g/mol. The quantitative estimate of drug-likeness (QED) is 0.777. The predicted molar refractivity (Wildman–Crippen MR) is 71.2 cm³/mol. The van der Waals surface area contributed by atoms with Gasteiger partial charge in [-0.05, 0) is 65.2 Å². The number of hydrogen-bond acceptors (Lipinski definition) is 3. The van der Waals surface area contributed by atoms with Crippen LogP contribution in [0, 0.1) is 5.92 Å². The van der Waals surface area contributed by atoms with Gasteiger partial charge in [0.1, 0.15) is 0 Å². The molecule has 5 atom stereocenters. The van der Waals surface area contributed by atoms with Crippen LogP contribution in [0.15, 0.2) is 0 Å². The fourth-order valence-electron chi connectivity index (χ4n) is 3.91. The molecule has 3 saturated heterocycles. The number of nitrogens with one attached hydrogen (secondary N) is 1. The Hall–Kier alpha value is -0.120. The van der Waals surface area contributed by atoms with Gasteiger partial charge in [-0.2, -0.15) is 0 Å². The van der Waals surface area contributed by atoms with Crippen LogP contribution in [0.25, 0.3) is 0 Å². The predicted octanol–water partition coefficient (Wildman–Crippen LogP) is 1.15. The summed E-state index contributed by atoms with van der Waals surface area (Å²) in [5.41, 5.74) is 0. The van der Waals surface area contributed by atoms with Crippen molar-refractivity contribution in [2.45, 2.75) is 50.7 Å². The summed E-state index contributed by atoms with van der Waals surface area (Å²) in [6.45, 7) is 7.68. The zero-order valence-corrected chi connectivity index (χ0v) is 11.4. The third-order valence-corrected chi connectivity index (χ3v) is 5.29. The summed E-state index contributed by atoms with van der Waals surface area (Å²) in [5, 5.41) is 3.98. The largest absolute Gasteiger partial charge is 0.311 e. The Labute approximate surface area is 106 Å². The van der Waals surface area contributed by atoms with Gasteiger partial charge in [-0.3, -0.25) is 0 Å². The van der Waals surface area contributed by atoms with Gasteiger partial charge < -0.3 is 15.1 Å². The lowest BCUT2D eigenvalue weighted by Crippen LogP contribution is -2.52. The molecule has 3 aliphatic rings. The van der Waals surface area contributed by atoms with Crippen LogP contribution in [0.4, 0.5) is 0 Å². The highest BCUT2D eigenvalue weighted by Crippen LogP contribution is 2.28. The third-order valence-electron chi connectivity index (χ3n) is 5.29. The first-order chi connectivity index (χ1) is 8.22. The SMILES string of the molecule is CC1CC(NC2CCN3CCC2C3)CCN1C. The summed E-state index contributed by atoms with van der Waals surface area (Å²) in [6.07, 6.45) is 5.49. The highest BCUT2D eigenvalue weighted by molar-refractivity contribution is 4.93. The molecule has 0 aromatic rings. The van der Waals surface area contributed by atoms with E-state index in [0.29, 0.717) is 0 Å². The van der Waals surface area contributed by atoms with Crippen molar-refractivity contribution < 1.29 is 0 Å². The molecule has 3 rings (SSSR count). The number of hydrogen-bond donors (Lipinski definition) is 1. The van der Waals surface area contributed by atoms with Crippen LogP contribution in [0.5, 0.6) is 0 Å². The second kappa shape index (κ2) is 4.87. The summed E-state index contributed by atoms with van der Waals surface area (Å²) in [6, 6.07) is 2.35. The Morgan fingerprint density at radius 3 is 2.71 bits per heavy atom. The summed E-state index contributed by atoms with van der Waals surface area (Å²) >= 11 is 0. The van der Waals surface area contributed by atoms with Gasteiger partial charge in [0.05, 0.1) is 0 Å². The van der Waals surface area contributed by atoms with Crippen LogP contribution in [-0.4, -0.2) is 61.2 Å². The minimum Gasteiger partial charge on any atom is -0.311 e. The van der Waals surface area contributed by atoms with Crippen molar-refractivity contribution in [2.24, 2.45) is 5.92 Å². The summed E-state index contributed by atoms with van der Waals surface area (Å²) in [5.74, 6) is 0.943. The van der Waals surface area contributed by atoms with Gasteiger partial charge in [-0.1, -0.05) is 0 Å². The van der Waals surface area contributed by atoms with Crippen molar-refractivity contribution in [1.82, 2.24) is 15.1 Å². The van der Waals surface area contributed by atoms with Crippen LogP contribution < -0.4 is 5.32 Å². The van der Waals surface area contributed by atoms with E-state index in [1.165, 1.54) is 51.9 Å². The number of fused-ring (bicyclic) bond motifs is 2. The molecule has 0 spiro atoms. The summed E-state index contributed by atoms with van der Waals surface area (Å²) < 4.78 is 0. The fraction of sp³-hybridized carbons (Fsp3) is 1.00. The molecule has 0 aromatic heterocycles. The molecule has 3 heterocycles. The minimum atomic E-state index is 0.755. The van der Waals surface area contributed by atoms with Crippen LogP contribution in [-0.2, 0) is 0 Å². The van der Waals surface area contributed by atoms with E-state index in [0.717, 1.165) is 24.0 Å². The van der Waals surface area contributed by atoms with E-state index in [2.05, 4.69) is 29.1 Å². The van der Waals surface area contributed by atoms with E-state index >= 15 is 0 Å². The monoisotopic (exact) mass is 237 g/mol. The second-order valence-electron chi connectivity index (χ2n) is 6.46. The smallest absolute Gasteiger partial charge is 0.0123 e. The van der Waals surface area contributed by atoms with Gasteiger partial charge in [0.2, 0.25) is 0 Å². The Morgan fingerprint density at radius 1 is 1.06 bits per heavy atom. The second-order valence-corrected chi connectivity index (χ2v) is 6.46. The number of nitrogens with zero attached hydrogens (tertiary/aromatic N) is 2. The topological polar surface area (TPSA) is 18.5 Å². The summed E-state index contributed by atoms with van der Waals surface area (Å²) in [7, 11) is 2.26. The molecular formula is C14H27N3. The molecule has 0 radical (unpaired) electrons. The zero-order chi connectivity index (χ0) is 11.8. The standard InChI is InChI=1S/C14H27N3/c1-11-9-13(4-6-16(11)2)15-14-5-8-17-7-3-12(14)10-17/h11-15H,3-10H2,1-2H3. The molecule has 17 heavy (non-hydrogen) atoms. The van der Waals surface area contributed by atoms with Crippen molar-refractivity contribution in [3.8, 4) is 0 Å². The Morgan fingerprint density at radius 2 is 1.88 bits per heavy atom. The molecule has 2 bridgehead atoms. The lowest BCUT2D eigenvalue weighted by atomic mass is 9.91. The minimum absolute atomic E-state index is 0.755. The van der Waals surface area contributed by atoms with E-state index < -0.39 is 0 Å². The lowest BCUT2D eigenvalue weighted by Gasteiger charge is -2.39. The zero-order valence-electron chi connectivity index (χ0n) is 11.4. The van der Waals surface area contributed by atoms with Gasteiger partial charge in [-0.25, -0.2) is 0 Å². The molecule has 0 saturated carbocycles. The average Bonchev–Trinajstić information content (AvgIpc) is 2.71. The fourth-order valence-corrected chi connectivity index (χ4v) is 3.91. The van der Waals surface area contributed by atoms with Gasteiger partial charge in [0, 0.05) is 24.7 Å². The Bertz CT molecular complexity index is 268. The molecular weight excluding hydrogens is 210 g/mol. The molecule has 3 heteroatoms. The molecule has 0 amide bonds. The maximum absolute atomic E-state index is 3.98. The van der Waals surface area contributed by atoms with Crippen molar-refractivity contribution in [1.29, 1.82) is 0 Å². The molecule has 1 N–H and O–H groups in total. The Kier molecular flexibility index (Phi) is 3.42. The van der Waals surface area contributed by atoms with Crippen LogP contribution in [0.3, 0.4) is 0 Å². The first-order valence-electron chi connectivity index (χ1n) is 7.41. The normalized spacial score (nSPS) is 47.3. The van der Waals surface area contributed by atoms with E-state index in [1.54, 1.807) is 0 Å². The van der Waals surface area contributed by atoms with E-state index in [1.807, 2.05) is 0 Å². The molecule has 5 unspecified atom stereocenters. The van der Waals surface area contributed by atoms with Gasteiger partial charge >= 0.3 is 0 Å². The molecule has 0 aromatic carbocycles. The van der Waals surface area contributed by atoms with Crippen LogP contribution in [0.2, 0.25) is 0 Å². The van der Waals surface area contributed by atoms with Crippen molar-refractivity contribution in [2.75, 3.05) is 33.2 Å². The van der Waals surface area contributed by atoms with Crippen LogP contribution >= 0.6 is 0 Å². The lowest BCUT2D eigenvalue weighted by molar-refractivity contribution is 0.141. The number of likely N-dealkylation sites (tertiary alicyclic amines) is 1. The maximum atomic E-state index is 3.98. The summed E-state index contributed by atoms with van der Waals surface area (Å²) in [4.78, 5) is 5.14. The number of piperidine rings is 2. The highest BCUT2D eigenvalue weighted by Gasteiger charge is 2.35. The molecule has 0 aliphatic carbocycles. The Balaban J connectivity index is 1.53. The van der Waals surface area contributed by atoms with E-state index in [9.17, 15) is 0 Å². The third kappa shape index (κ3) is 2.51. The molecule has 3 aliphatic heterocycles. The van der Waals surface area contributed by atoms with Crippen molar-refractivity contribution >= 4 is 0 Å². The molecule has 3 fully saturated rings. The van der Waals surface area contributed by atoms with Crippen molar-refractivity contribution in [3.63, 3.8) is 0 Å². The van der Waals surface area contributed by atoms with Gasteiger partial charge in [0.25, 0.3) is 0 Å². The first kappa shape index (κ1) is 11.9. The highest BCUT2D eigenvalue weighted by atomic mass is 15.2.